The Balaban J connectivity index is 1.64. The molecule has 31 heavy (non-hydrogen) atoms. The van der Waals surface area contributed by atoms with Gasteiger partial charge in [-0.3, -0.25) is 9.59 Å². The van der Waals surface area contributed by atoms with Gasteiger partial charge in [0, 0.05) is 24.9 Å². The van der Waals surface area contributed by atoms with Gasteiger partial charge in [0.25, 0.3) is 5.56 Å². The van der Waals surface area contributed by atoms with E-state index in [0.29, 0.717) is 23.2 Å². The first-order valence-corrected chi connectivity index (χ1v) is 10.3. The van der Waals surface area contributed by atoms with Crippen LogP contribution in [0.2, 0.25) is 0 Å². The Bertz CT molecular complexity index is 1200. The van der Waals surface area contributed by atoms with Crippen LogP contribution in [0.25, 0.3) is 10.8 Å². The maximum absolute atomic E-state index is 13.0. The van der Waals surface area contributed by atoms with Gasteiger partial charge in [-0.15, -0.1) is 0 Å². The van der Waals surface area contributed by atoms with Crippen molar-refractivity contribution < 1.29 is 9.53 Å². The van der Waals surface area contributed by atoms with E-state index in [4.69, 9.17) is 4.74 Å². The third-order valence-electron chi connectivity index (χ3n) is 5.52. The molecule has 1 aliphatic heterocycles. The minimum absolute atomic E-state index is 0.170. The summed E-state index contributed by atoms with van der Waals surface area (Å²) in [6.45, 7) is 1.75. The molecule has 160 valence electrons. The number of aromatic nitrogens is 2. The molecule has 0 bridgehead atoms. The highest BCUT2D eigenvalue weighted by Gasteiger charge is 2.16. The number of carbonyl (C=O) groups is 1. The molecule has 1 aliphatic rings. The minimum atomic E-state index is -0.334. The van der Waals surface area contributed by atoms with Crippen LogP contribution in [0.1, 0.15) is 12.1 Å². The molecule has 3 aromatic rings. The van der Waals surface area contributed by atoms with Crippen LogP contribution >= 0.6 is 0 Å². The molecule has 0 unspecified atom stereocenters. The van der Waals surface area contributed by atoms with Crippen LogP contribution in [0, 0.1) is 0 Å². The van der Waals surface area contributed by atoms with Crippen molar-refractivity contribution in [1.82, 2.24) is 14.7 Å². The van der Waals surface area contributed by atoms with E-state index in [0.717, 1.165) is 30.6 Å². The highest BCUT2D eigenvalue weighted by molar-refractivity contribution is 5.92. The molecule has 0 aliphatic carbocycles. The van der Waals surface area contributed by atoms with E-state index < -0.39 is 0 Å². The number of fused-ring (bicyclic) bond motifs is 1. The number of anilines is 1. The molecule has 0 fully saturated rings. The number of hydrogen-bond acceptors (Lipinski definition) is 5. The van der Waals surface area contributed by atoms with Crippen LogP contribution in [-0.2, 0) is 17.8 Å². The van der Waals surface area contributed by atoms with Gasteiger partial charge in [-0.05, 0) is 31.7 Å². The fraction of sp³-hybridized carbons (Fsp3) is 0.292. The fourth-order valence-corrected chi connectivity index (χ4v) is 3.81. The van der Waals surface area contributed by atoms with Crippen molar-refractivity contribution in [1.29, 1.82) is 0 Å². The van der Waals surface area contributed by atoms with E-state index >= 15 is 0 Å². The monoisotopic (exact) mass is 418 g/mol. The first-order chi connectivity index (χ1) is 15.0. The van der Waals surface area contributed by atoms with Crippen molar-refractivity contribution in [2.75, 3.05) is 32.6 Å². The molecular weight excluding hydrogens is 392 g/mol. The van der Waals surface area contributed by atoms with Gasteiger partial charge in [-0.25, -0.2) is 4.68 Å². The standard InChI is InChI=1S/C24H26N4O3/c1-27-13-11-17(12-14-27)15-21-18-7-3-4-8-19(18)24(30)28(26-21)16-23(29)25-20-9-5-6-10-22(20)31-2/h3-11H,12-16H2,1-2H3,(H,25,29). The van der Waals surface area contributed by atoms with Gasteiger partial charge < -0.3 is 15.0 Å². The predicted octanol–water partition coefficient (Wildman–Crippen LogP) is 2.85. The number of rotatable bonds is 6. The molecule has 2 aromatic carbocycles. The zero-order valence-corrected chi connectivity index (χ0v) is 17.8. The summed E-state index contributed by atoms with van der Waals surface area (Å²) in [5.74, 6) is 0.225. The van der Waals surface area contributed by atoms with E-state index in [9.17, 15) is 9.59 Å². The van der Waals surface area contributed by atoms with Crippen molar-refractivity contribution in [3.8, 4) is 5.75 Å². The van der Waals surface area contributed by atoms with Crippen LogP contribution in [0.15, 0.2) is 65.0 Å². The second kappa shape index (κ2) is 9.14. The molecule has 1 amide bonds. The largest absolute Gasteiger partial charge is 0.495 e. The number of nitrogens with one attached hydrogen (secondary N) is 1. The smallest absolute Gasteiger partial charge is 0.275 e. The van der Waals surface area contributed by atoms with E-state index in [-0.39, 0.29) is 18.0 Å². The maximum Gasteiger partial charge on any atom is 0.275 e. The molecule has 0 atom stereocenters. The Labute approximate surface area is 180 Å². The average Bonchev–Trinajstić information content (AvgIpc) is 2.79. The Morgan fingerprint density at radius 3 is 2.61 bits per heavy atom. The number of amides is 1. The lowest BCUT2D eigenvalue weighted by Gasteiger charge is -2.22. The third kappa shape index (κ3) is 4.67. The molecule has 1 aromatic heterocycles. The molecule has 0 radical (unpaired) electrons. The van der Waals surface area contributed by atoms with Crippen molar-refractivity contribution in [2.24, 2.45) is 0 Å². The van der Waals surface area contributed by atoms with Gasteiger partial charge in [0.1, 0.15) is 12.3 Å². The number of benzene rings is 2. The number of likely N-dealkylation sites (N-methyl/N-ethyl adjacent to an activating group) is 1. The first-order valence-electron chi connectivity index (χ1n) is 10.3. The predicted molar refractivity (Wildman–Crippen MR) is 122 cm³/mol. The van der Waals surface area contributed by atoms with Gasteiger partial charge >= 0.3 is 0 Å². The van der Waals surface area contributed by atoms with E-state index in [1.165, 1.54) is 10.3 Å². The summed E-state index contributed by atoms with van der Waals surface area (Å²) in [6, 6.07) is 14.6. The topological polar surface area (TPSA) is 76.5 Å². The maximum atomic E-state index is 13.0. The second-order valence-corrected chi connectivity index (χ2v) is 7.75. The highest BCUT2D eigenvalue weighted by Crippen LogP contribution is 2.23. The summed E-state index contributed by atoms with van der Waals surface area (Å²) in [6.07, 6.45) is 3.87. The van der Waals surface area contributed by atoms with Crippen molar-refractivity contribution in [2.45, 2.75) is 19.4 Å². The average molecular weight is 418 g/mol. The summed E-state index contributed by atoms with van der Waals surface area (Å²) in [5.41, 5.74) is 2.41. The molecular formula is C24H26N4O3. The number of ether oxygens (including phenoxy) is 1. The van der Waals surface area contributed by atoms with E-state index in [1.807, 2.05) is 30.3 Å². The highest BCUT2D eigenvalue weighted by atomic mass is 16.5. The summed E-state index contributed by atoms with van der Waals surface area (Å²) in [4.78, 5) is 28.0. The lowest BCUT2D eigenvalue weighted by molar-refractivity contribution is -0.117. The van der Waals surface area contributed by atoms with Crippen LogP contribution in [0.3, 0.4) is 0 Å². The molecule has 7 heteroatoms. The minimum Gasteiger partial charge on any atom is -0.495 e. The zero-order chi connectivity index (χ0) is 21.8. The zero-order valence-electron chi connectivity index (χ0n) is 17.8. The summed E-state index contributed by atoms with van der Waals surface area (Å²) in [5, 5.41) is 8.82. The van der Waals surface area contributed by atoms with Crippen LogP contribution in [-0.4, -0.2) is 47.8 Å². The van der Waals surface area contributed by atoms with Crippen LogP contribution < -0.4 is 15.6 Å². The number of hydrogen-bond donors (Lipinski definition) is 1. The van der Waals surface area contributed by atoms with Gasteiger partial charge in [-0.2, -0.15) is 5.10 Å². The fourth-order valence-electron chi connectivity index (χ4n) is 3.81. The normalized spacial score (nSPS) is 14.3. The van der Waals surface area contributed by atoms with E-state index in [1.54, 1.807) is 25.3 Å². The summed E-state index contributed by atoms with van der Waals surface area (Å²) < 4.78 is 6.54. The first kappa shape index (κ1) is 20.8. The van der Waals surface area contributed by atoms with Gasteiger partial charge in [0.15, 0.2) is 0 Å². The lowest BCUT2D eigenvalue weighted by atomic mass is 10.00. The number of carbonyl (C=O) groups excluding carboxylic acids is 1. The second-order valence-electron chi connectivity index (χ2n) is 7.75. The van der Waals surface area contributed by atoms with E-state index in [2.05, 4.69) is 28.4 Å². The van der Waals surface area contributed by atoms with Gasteiger partial charge in [-0.1, -0.05) is 42.0 Å². The number of methoxy groups -OCH3 is 1. The Kier molecular flexibility index (Phi) is 6.13. The molecule has 2 heterocycles. The molecule has 4 rings (SSSR count). The third-order valence-corrected chi connectivity index (χ3v) is 5.52. The van der Waals surface area contributed by atoms with Gasteiger partial charge in [0.2, 0.25) is 5.91 Å². The lowest BCUT2D eigenvalue weighted by Crippen LogP contribution is -2.31. The number of nitrogens with zero attached hydrogens (tertiary/aromatic N) is 3. The molecule has 7 nitrogen and oxygen atoms in total. The SMILES string of the molecule is COc1ccccc1NC(=O)Cn1nc(CC2=CCN(C)CC2)c2ccccc2c1=O. The Morgan fingerprint density at radius 2 is 1.87 bits per heavy atom. The Morgan fingerprint density at radius 1 is 1.13 bits per heavy atom. The van der Waals surface area contributed by atoms with Crippen LogP contribution in [0.4, 0.5) is 5.69 Å². The van der Waals surface area contributed by atoms with Gasteiger partial charge in [0.05, 0.1) is 23.9 Å². The van der Waals surface area contributed by atoms with Crippen molar-refractivity contribution >= 4 is 22.4 Å². The number of para-hydroxylation sites is 2. The summed E-state index contributed by atoms with van der Waals surface area (Å²) in [7, 11) is 3.64. The van der Waals surface area contributed by atoms with Crippen molar-refractivity contribution in [3.63, 3.8) is 0 Å². The Hall–Kier alpha value is -3.45. The molecule has 1 N–H and O–H groups in total. The molecule has 0 saturated heterocycles. The molecule has 0 saturated carbocycles. The van der Waals surface area contributed by atoms with Crippen molar-refractivity contribution in [3.05, 3.63) is 76.2 Å². The summed E-state index contributed by atoms with van der Waals surface area (Å²) >= 11 is 0. The van der Waals surface area contributed by atoms with Crippen LogP contribution in [0.5, 0.6) is 5.75 Å². The molecule has 0 spiro atoms. The quantitative estimate of drug-likeness (QED) is 0.623.